The summed E-state index contributed by atoms with van der Waals surface area (Å²) in [5, 5.41) is 3.56. The highest BCUT2D eigenvalue weighted by Crippen LogP contribution is 2.33. The number of hydrogen-bond acceptors (Lipinski definition) is 2. The van der Waals surface area contributed by atoms with E-state index in [9.17, 15) is 0 Å². The van der Waals surface area contributed by atoms with E-state index in [4.69, 9.17) is 9.97 Å². The van der Waals surface area contributed by atoms with Crippen LogP contribution in [0.2, 0.25) is 0 Å². The minimum atomic E-state index is -0.0939. The molecule has 0 aliphatic carbocycles. The summed E-state index contributed by atoms with van der Waals surface area (Å²) in [5.74, 6) is 0.879. The second-order valence-electron chi connectivity index (χ2n) is 7.19. The zero-order valence-corrected chi connectivity index (χ0v) is 14.2. The molecule has 0 saturated heterocycles. The van der Waals surface area contributed by atoms with Gasteiger partial charge in [-0.1, -0.05) is 81.4 Å². The molecule has 118 valence electrons. The summed E-state index contributed by atoms with van der Waals surface area (Å²) in [4.78, 5) is 9.78. The van der Waals surface area contributed by atoms with Gasteiger partial charge in [-0.25, -0.2) is 9.97 Å². The number of fused-ring (bicyclic) bond motifs is 2. The van der Waals surface area contributed by atoms with E-state index in [0.717, 1.165) is 28.0 Å². The summed E-state index contributed by atoms with van der Waals surface area (Å²) in [6.07, 6.45) is 0. The van der Waals surface area contributed by atoms with Crippen LogP contribution in [-0.2, 0) is 5.41 Å². The van der Waals surface area contributed by atoms with Crippen LogP contribution in [0.15, 0.2) is 66.7 Å². The summed E-state index contributed by atoms with van der Waals surface area (Å²) in [7, 11) is 0. The first-order valence-electron chi connectivity index (χ1n) is 8.29. The Morgan fingerprint density at radius 3 is 2.12 bits per heavy atom. The quantitative estimate of drug-likeness (QED) is 0.447. The molecular weight excluding hydrogens is 292 g/mol. The zero-order valence-electron chi connectivity index (χ0n) is 14.2. The van der Waals surface area contributed by atoms with Gasteiger partial charge in [-0.3, -0.25) is 0 Å². The molecule has 0 saturated carbocycles. The first kappa shape index (κ1) is 14.8. The molecule has 24 heavy (non-hydrogen) atoms. The van der Waals surface area contributed by atoms with E-state index in [0.29, 0.717) is 0 Å². The van der Waals surface area contributed by atoms with Crippen molar-refractivity contribution in [2.24, 2.45) is 0 Å². The van der Waals surface area contributed by atoms with Gasteiger partial charge in [-0.15, -0.1) is 0 Å². The summed E-state index contributed by atoms with van der Waals surface area (Å²) in [5.41, 5.74) is 3.09. The third-order valence-corrected chi connectivity index (χ3v) is 4.32. The van der Waals surface area contributed by atoms with E-state index in [-0.39, 0.29) is 5.41 Å². The van der Waals surface area contributed by atoms with Crippen LogP contribution in [0.5, 0.6) is 0 Å². The van der Waals surface area contributed by atoms with E-state index in [2.05, 4.69) is 81.4 Å². The molecule has 1 heterocycles. The van der Waals surface area contributed by atoms with Crippen LogP contribution in [-0.4, -0.2) is 9.97 Å². The maximum atomic E-state index is 4.98. The molecule has 0 atom stereocenters. The Balaban J connectivity index is 2.12. The lowest BCUT2D eigenvalue weighted by Gasteiger charge is -2.19. The molecule has 0 aliphatic rings. The minimum absolute atomic E-state index is 0.0939. The van der Waals surface area contributed by atoms with Crippen molar-refractivity contribution in [3.63, 3.8) is 0 Å². The van der Waals surface area contributed by atoms with Gasteiger partial charge in [0, 0.05) is 16.4 Å². The van der Waals surface area contributed by atoms with Crippen molar-refractivity contribution >= 4 is 21.7 Å². The van der Waals surface area contributed by atoms with Gasteiger partial charge in [0.25, 0.3) is 0 Å². The largest absolute Gasteiger partial charge is 0.232 e. The van der Waals surface area contributed by atoms with Crippen molar-refractivity contribution in [3.05, 3.63) is 72.6 Å². The van der Waals surface area contributed by atoms with Crippen molar-refractivity contribution in [2.45, 2.75) is 26.2 Å². The van der Waals surface area contributed by atoms with E-state index in [1.165, 1.54) is 10.8 Å². The van der Waals surface area contributed by atoms with Crippen molar-refractivity contribution in [3.8, 4) is 11.3 Å². The van der Waals surface area contributed by atoms with Gasteiger partial charge in [0.15, 0.2) is 0 Å². The molecule has 3 aromatic carbocycles. The first-order chi connectivity index (χ1) is 11.5. The van der Waals surface area contributed by atoms with Crippen molar-refractivity contribution in [2.75, 3.05) is 0 Å². The Hall–Kier alpha value is -2.74. The predicted octanol–water partition coefficient (Wildman–Crippen LogP) is 5.75. The Morgan fingerprint density at radius 2 is 1.33 bits per heavy atom. The highest BCUT2D eigenvalue weighted by atomic mass is 14.9. The summed E-state index contributed by atoms with van der Waals surface area (Å²) < 4.78 is 0. The number of nitrogens with zero attached hydrogens (tertiary/aromatic N) is 2. The molecule has 0 unspecified atom stereocenters. The first-order valence-corrected chi connectivity index (χ1v) is 8.29. The van der Waals surface area contributed by atoms with E-state index in [1.54, 1.807) is 0 Å². The maximum absolute atomic E-state index is 4.98. The molecule has 0 N–H and O–H groups in total. The van der Waals surface area contributed by atoms with E-state index >= 15 is 0 Å². The average Bonchev–Trinajstić information content (AvgIpc) is 2.59. The normalized spacial score (nSPS) is 12.0. The lowest BCUT2D eigenvalue weighted by molar-refractivity contribution is 0.549. The number of aromatic nitrogens is 2. The lowest BCUT2D eigenvalue weighted by Crippen LogP contribution is -2.16. The minimum Gasteiger partial charge on any atom is -0.232 e. The predicted molar refractivity (Wildman–Crippen MR) is 101 cm³/mol. The second kappa shape index (κ2) is 5.41. The fourth-order valence-electron chi connectivity index (χ4n) is 3.05. The van der Waals surface area contributed by atoms with Crippen LogP contribution < -0.4 is 0 Å². The average molecular weight is 312 g/mol. The highest BCUT2D eigenvalue weighted by molar-refractivity contribution is 6.02. The molecule has 0 bridgehead atoms. The lowest BCUT2D eigenvalue weighted by atomic mass is 9.94. The van der Waals surface area contributed by atoms with Crippen LogP contribution in [0.4, 0.5) is 0 Å². The standard InChI is InChI=1S/C22H20N2/c1-22(2,3)21-23-19-14-7-6-12-18(19)20(24-21)17-13-8-10-15-9-4-5-11-16(15)17/h4-14H,1-3H3. The molecule has 1 aromatic heterocycles. The summed E-state index contributed by atoms with van der Waals surface area (Å²) in [6.45, 7) is 6.47. The monoisotopic (exact) mass is 312 g/mol. The third-order valence-electron chi connectivity index (χ3n) is 4.32. The van der Waals surface area contributed by atoms with Crippen LogP contribution in [0.3, 0.4) is 0 Å². The summed E-state index contributed by atoms with van der Waals surface area (Å²) >= 11 is 0. The maximum Gasteiger partial charge on any atom is 0.135 e. The van der Waals surface area contributed by atoms with Gasteiger partial charge < -0.3 is 0 Å². The molecule has 2 nitrogen and oxygen atoms in total. The second-order valence-corrected chi connectivity index (χ2v) is 7.19. The number of para-hydroxylation sites is 1. The molecule has 0 radical (unpaired) electrons. The third kappa shape index (κ3) is 2.44. The van der Waals surface area contributed by atoms with Crippen LogP contribution >= 0.6 is 0 Å². The van der Waals surface area contributed by atoms with Crippen LogP contribution in [0.25, 0.3) is 32.9 Å². The number of rotatable bonds is 1. The Morgan fingerprint density at radius 1 is 0.667 bits per heavy atom. The fraction of sp³-hybridized carbons (Fsp3) is 0.182. The number of benzene rings is 3. The van der Waals surface area contributed by atoms with E-state index in [1.807, 2.05) is 6.07 Å². The topological polar surface area (TPSA) is 25.8 Å². The molecular formula is C22H20N2. The van der Waals surface area contributed by atoms with Crippen molar-refractivity contribution in [1.29, 1.82) is 0 Å². The molecule has 0 aliphatic heterocycles. The van der Waals surface area contributed by atoms with Crippen LogP contribution in [0, 0.1) is 0 Å². The smallest absolute Gasteiger partial charge is 0.135 e. The van der Waals surface area contributed by atoms with Gasteiger partial charge >= 0.3 is 0 Å². The Labute approximate surface area is 142 Å². The van der Waals surface area contributed by atoms with Crippen molar-refractivity contribution < 1.29 is 0 Å². The van der Waals surface area contributed by atoms with Crippen molar-refractivity contribution in [1.82, 2.24) is 9.97 Å². The Kier molecular flexibility index (Phi) is 3.34. The molecule has 4 rings (SSSR count). The SMILES string of the molecule is CC(C)(C)c1nc(-c2cccc3ccccc23)c2ccccc2n1. The van der Waals surface area contributed by atoms with E-state index < -0.39 is 0 Å². The highest BCUT2D eigenvalue weighted by Gasteiger charge is 2.20. The van der Waals surface area contributed by atoms with Crippen LogP contribution in [0.1, 0.15) is 26.6 Å². The fourth-order valence-corrected chi connectivity index (χ4v) is 3.05. The molecule has 0 fully saturated rings. The summed E-state index contributed by atoms with van der Waals surface area (Å²) in [6, 6.07) is 23.1. The molecule has 0 amide bonds. The van der Waals surface area contributed by atoms with Gasteiger partial charge in [0.2, 0.25) is 0 Å². The molecule has 0 spiro atoms. The van der Waals surface area contributed by atoms with Gasteiger partial charge in [-0.2, -0.15) is 0 Å². The molecule has 4 aromatic rings. The Bertz CT molecular complexity index is 1040. The zero-order chi connectivity index (χ0) is 16.7. The molecule has 2 heteroatoms. The van der Waals surface area contributed by atoms with Gasteiger partial charge in [0.1, 0.15) is 5.82 Å². The van der Waals surface area contributed by atoms with Gasteiger partial charge in [0.05, 0.1) is 11.2 Å². The van der Waals surface area contributed by atoms with Gasteiger partial charge in [-0.05, 0) is 16.8 Å². The number of hydrogen-bond donors (Lipinski definition) is 0.